The summed E-state index contributed by atoms with van der Waals surface area (Å²) in [7, 11) is -3.52. The standard InChI is InChI=1S/C14H21NO3S2/c1-14(2)7-8-15(9-10-19-14)20(17,18)13-6-4-3-5-12(13)11-16/h3-6,16H,7-11H2,1-2H3. The monoisotopic (exact) mass is 315 g/mol. The first kappa shape index (κ1) is 15.8. The topological polar surface area (TPSA) is 57.6 Å². The molecule has 112 valence electrons. The molecule has 0 spiro atoms. The summed E-state index contributed by atoms with van der Waals surface area (Å²) in [5.41, 5.74) is 0.462. The summed E-state index contributed by atoms with van der Waals surface area (Å²) in [6, 6.07) is 6.67. The lowest BCUT2D eigenvalue weighted by molar-refractivity contribution is 0.278. The van der Waals surface area contributed by atoms with E-state index in [-0.39, 0.29) is 16.2 Å². The van der Waals surface area contributed by atoms with Gasteiger partial charge in [-0.25, -0.2) is 8.42 Å². The maximum Gasteiger partial charge on any atom is 0.243 e. The van der Waals surface area contributed by atoms with Crippen molar-refractivity contribution in [3.05, 3.63) is 29.8 Å². The predicted molar refractivity (Wildman–Crippen MR) is 82.3 cm³/mol. The molecule has 2 rings (SSSR count). The Morgan fingerprint density at radius 1 is 1.30 bits per heavy atom. The van der Waals surface area contributed by atoms with Gasteiger partial charge in [-0.2, -0.15) is 16.1 Å². The van der Waals surface area contributed by atoms with Crippen LogP contribution in [0.25, 0.3) is 0 Å². The summed E-state index contributed by atoms with van der Waals surface area (Å²) in [6.07, 6.45) is 0.832. The van der Waals surface area contributed by atoms with E-state index in [1.54, 1.807) is 28.6 Å². The number of sulfonamides is 1. The number of rotatable bonds is 3. The van der Waals surface area contributed by atoms with Gasteiger partial charge in [0.1, 0.15) is 0 Å². The fourth-order valence-corrected chi connectivity index (χ4v) is 5.14. The van der Waals surface area contributed by atoms with Crippen LogP contribution in [0.5, 0.6) is 0 Å². The highest BCUT2D eigenvalue weighted by Gasteiger charge is 2.31. The Morgan fingerprint density at radius 3 is 2.70 bits per heavy atom. The van der Waals surface area contributed by atoms with Crippen molar-refractivity contribution < 1.29 is 13.5 Å². The normalized spacial score (nSPS) is 20.6. The Labute approximate surface area is 125 Å². The van der Waals surface area contributed by atoms with Crippen LogP contribution in [0.2, 0.25) is 0 Å². The lowest BCUT2D eigenvalue weighted by Crippen LogP contribution is -2.34. The number of nitrogens with zero attached hydrogens (tertiary/aromatic N) is 1. The Balaban J connectivity index is 2.30. The van der Waals surface area contributed by atoms with Gasteiger partial charge in [-0.1, -0.05) is 32.0 Å². The minimum Gasteiger partial charge on any atom is -0.392 e. The molecule has 4 nitrogen and oxygen atoms in total. The van der Waals surface area contributed by atoms with E-state index in [1.165, 1.54) is 0 Å². The number of benzene rings is 1. The lowest BCUT2D eigenvalue weighted by Gasteiger charge is -2.23. The summed E-state index contributed by atoms with van der Waals surface area (Å²) in [5, 5.41) is 9.33. The molecule has 0 unspecified atom stereocenters. The second-order valence-corrected chi connectivity index (χ2v) is 9.24. The second kappa shape index (κ2) is 6.05. The van der Waals surface area contributed by atoms with Crippen molar-refractivity contribution in [2.45, 2.75) is 36.5 Å². The van der Waals surface area contributed by atoms with Gasteiger partial charge < -0.3 is 5.11 Å². The fourth-order valence-electron chi connectivity index (χ4n) is 2.27. The highest BCUT2D eigenvalue weighted by atomic mass is 32.2. The smallest absolute Gasteiger partial charge is 0.243 e. The minimum atomic E-state index is -3.52. The second-order valence-electron chi connectivity index (χ2n) is 5.53. The minimum absolute atomic E-state index is 0.112. The molecule has 1 heterocycles. The number of aliphatic hydroxyl groups is 1. The van der Waals surface area contributed by atoms with Gasteiger partial charge in [-0.15, -0.1) is 0 Å². The van der Waals surface area contributed by atoms with E-state index in [4.69, 9.17) is 0 Å². The molecule has 20 heavy (non-hydrogen) atoms. The van der Waals surface area contributed by atoms with Crippen LogP contribution in [0.3, 0.4) is 0 Å². The number of thioether (sulfide) groups is 1. The van der Waals surface area contributed by atoms with E-state index in [2.05, 4.69) is 13.8 Å². The molecule has 1 aliphatic heterocycles. The van der Waals surface area contributed by atoms with Crippen molar-refractivity contribution in [3.8, 4) is 0 Å². The zero-order chi connectivity index (χ0) is 14.8. The molecule has 0 atom stereocenters. The third-order valence-corrected chi connectivity index (χ3v) is 6.93. The summed E-state index contributed by atoms with van der Waals surface area (Å²) in [6.45, 7) is 5.09. The van der Waals surface area contributed by atoms with Gasteiger partial charge in [0, 0.05) is 23.6 Å². The van der Waals surface area contributed by atoms with Gasteiger partial charge in [0.25, 0.3) is 0 Å². The van der Waals surface area contributed by atoms with Crippen molar-refractivity contribution in [1.29, 1.82) is 0 Å². The van der Waals surface area contributed by atoms with Crippen LogP contribution in [0.1, 0.15) is 25.8 Å². The Bertz CT molecular complexity index is 570. The van der Waals surface area contributed by atoms with Crippen molar-refractivity contribution in [2.24, 2.45) is 0 Å². The fraction of sp³-hybridized carbons (Fsp3) is 0.571. The van der Waals surface area contributed by atoms with Gasteiger partial charge >= 0.3 is 0 Å². The Hall–Kier alpha value is -0.560. The predicted octanol–water partition coefficient (Wildman–Crippen LogP) is 2.09. The highest BCUT2D eigenvalue weighted by molar-refractivity contribution is 8.00. The van der Waals surface area contributed by atoms with Crippen LogP contribution < -0.4 is 0 Å². The van der Waals surface area contributed by atoms with E-state index in [1.807, 2.05) is 11.8 Å². The molecule has 0 saturated carbocycles. The van der Waals surface area contributed by atoms with E-state index in [9.17, 15) is 13.5 Å². The maximum absolute atomic E-state index is 12.7. The first-order chi connectivity index (χ1) is 9.37. The first-order valence-corrected chi connectivity index (χ1v) is 9.12. The molecular weight excluding hydrogens is 294 g/mol. The molecule has 1 aliphatic rings. The van der Waals surface area contributed by atoms with Gasteiger partial charge in [0.2, 0.25) is 10.0 Å². The molecule has 0 amide bonds. The average molecular weight is 315 g/mol. The van der Waals surface area contributed by atoms with E-state index >= 15 is 0 Å². The van der Waals surface area contributed by atoms with Crippen molar-refractivity contribution in [2.75, 3.05) is 18.8 Å². The van der Waals surface area contributed by atoms with E-state index in [0.29, 0.717) is 18.7 Å². The molecule has 1 aromatic rings. The Morgan fingerprint density at radius 2 is 2.00 bits per heavy atom. The third kappa shape index (κ3) is 3.36. The van der Waals surface area contributed by atoms with Gasteiger partial charge in [0.15, 0.2) is 0 Å². The third-order valence-electron chi connectivity index (χ3n) is 3.56. The van der Waals surface area contributed by atoms with E-state index < -0.39 is 10.0 Å². The molecule has 1 aromatic carbocycles. The molecular formula is C14H21NO3S2. The molecule has 6 heteroatoms. The molecule has 0 aliphatic carbocycles. The van der Waals surface area contributed by atoms with Crippen molar-refractivity contribution >= 4 is 21.8 Å². The van der Waals surface area contributed by atoms with Gasteiger partial charge in [-0.05, 0) is 18.1 Å². The number of hydrogen-bond donors (Lipinski definition) is 1. The lowest BCUT2D eigenvalue weighted by atomic mass is 10.1. The first-order valence-electron chi connectivity index (χ1n) is 6.70. The summed E-state index contributed by atoms with van der Waals surface area (Å²) in [4.78, 5) is 0.229. The molecule has 1 N–H and O–H groups in total. The van der Waals surface area contributed by atoms with Crippen LogP contribution in [0.4, 0.5) is 0 Å². The summed E-state index contributed by atoms with van der Waals surface area (Å²) < 4.78 is 27.1. The largest absolute Gasteiger partial charge is 0.392 e. The molecule has 0 radical (unpaired) electrons. The summed E-state index contributed by atoms with van der Waals surface area (Å²) >= 11 is 1.81. The van der Waals surface area contributed by atoms with Crippen LogP contribution in [-0.4, -0.2) is 41.4 Å². The molecule has 0 bridgehead atoms. The molecule has 1 saturated heterocycles. The molecule has 0 aromatic heterocycles. The van der Waals surface area contributed by atoms with Crippen LogP contribution >= 0.6 is 11.8 Å². The number of aliphatic hydroxyl groups excluding tert-OH is 1. The highest BCUT2D eigenvalue weighted by Crippen LogP contribution is 2.32. The van der Waals surface area contributed by atoms with Crippen molar-refractivity contribution in [3.63, 3.8) is 0 Å². The van der Waals surface area contributed by atoms with Gasteiger partial charge in [0.05, 0.1) is 11.5 Å². The quantitative estimate of drug-likeness (QED) is 0.928. The Kier molecular flexibility index (Phi) is 4.79. The van der Waals surface area contributed by atoms with Crippen molar-refractivity contribution in [1.82, 2.24) is 4.31 Å². The zero-order valence-electron chi connectivity index (χ0n) is 11.9. The van der Waals surface area contributed by atoms with Crippen LogP contribution in [-0.2, 0) is 16.6 Å². The SMILES string of the molecule is CC1(C)CCN(S(=O)(=O)c2ccccc2CO)CCS1. The molecule has 1 fully saturated rings. The average Bonchev–Trinajstić information content (AvgIpc) is 2.60. The maximum atomic E-state index is 12.7. The van der Waals surface area contributed by atoms with Gasteiger partial charge in [-0.3, -0.25) is 0 Å². The van der Waals surface area contributed by atoms with Crippen LogP contribution in [0.15, 0.2) is 29.2 Å². The summed E-state index contributed by atoms with van der Waals surface area (Å²) in [5.74, 6) is 0.799. The number of hydrogen-bond acceptors (Lipinski definition) is 4. The van der Waals surface area contributed by atoms with Crippen LogP contribution in [0, 0.1) is 0 Å². The van der Waals surface area contributed by atoms with E-state index in [0.717, 1.165) is 12.2 Å². The zero-order valence-corrected chi connectivity index (χ0v) is 13.5.